The molecule has 8 heteroatoms. The van der Waals surface area contributed by atoms with E-state index in [1.165, 1.54) is 0 Å². The summed E-state index contributed by atoms with van der Waals surface area (Å²) in [7, 11) is -3.62. The third kappa shape index (κ3) is 3.51. The van der Waals surface area contributed by atoms with Crippen LogP contribution in [-0.2, 0) is 14.8 Å². The highest BCUT2D eigenvalue weighted by Crippen LogP contribution is 2.30. The van der Waals surface area contributed by atoms with E-state index in [1.54, 1.807) is 18.2 Å². The second-order valence-electron chi connectivity index (χ2n) is 6.62. The molecule has 0 atom stereocenters. The fraction of sp³-hybridized carbons (Fsp3) is 0.263. The van der Waals surface area contributed by atoms with Gasteiger partial charge < -0.3 is 10.2 Å². The van der Waals surface area contributed by atoms with Gasteiger partial charge in [0.1, 0.15) is 4.90 Å². The summed E-state index contributed by atoms with van der Waals surface area (Å²) in [5.74, 6) is 0.375. The van der Waals surface area contributed by atoms with Crippen molar-refractivity contribution in [3.8, 4) is 0 Å². The largest absolute Gasteiger partial charge is 0.355 e. The van der Waals surface area contributed by atoms with Gasteiger partial charge in [0.05, 0.1) is 5.69 Å². The van der Waals surface area contributed by atoms with Gasteiger partial charge in [0.15, 0.2) is 5.84 Å². The van der Waals surface area contributed by atoms with E-state index in [2.05, 4.69) is 25.6 Å². The topological polar surface area (TPSA) is 78.8 Å². The van der Waals surface area contributed by atoms with Crippen molar-refractivity contribution in [3.05, 3.63) is 58.6 Å². The molecule has 2 aliphatic heterocycles. The number of amidine groups is 1. The number of sulfonamides is 1. The molecule has 2 aromatic rings. The summed E-state index contributed by atoms with van der Waals surface area (Å²) in [6, 6.07) is 14.4. The predicted octanol–water partition coefficient (Wildman–Crippen LogP) is 3.25. The van der Waals surface area contributed by atoms with Gasteiger partial charge in [-0.05, 0) is 53.0 Å². The second kappa shape index (κ2) is 7.09. The molecule has 1 N–H and O–H groups in total. The van der Waals surface area contributed by atoms with Gasteiger partial charge in [-0.1, -0.05) is 24.3 Å². The standard InChI is InChI=1S/C19H18BrN3O3S/c20-15-6-2-3-7-16(15)21-19(24)13-9-11-23(12-10-13)18-14-5-1-4-8-17(14)27(25,26)22-18/h1-8,13H,9-12H2,(H,21,24). The first-order chi connectivity index (χ1) is 13.0. The SMILES string of the molecule is O=C(Nc1ccccc1Br)C1CCN(C2=NS(=O)(=O)c3ccccc32)CC1. The molecule has 4 rings (SSSR count). The van der Waals surface area contributed by atoms with Gasteiger partial charge in [-0.15, -0.1) is 4.40 Å². The number of hydrogen-bond acceptors (Lipinski definition) is 4. The number of fused-ring (bicyclic) bond motifs is 1. The van der Waals surface area contributed by atoms with Crippen LogP contribution in [-0.4, -0.2) is 38.2 Å². The molecular weight excluding hydrogens is 430 g/mol. The molecular formula is C19H18BrN3O3S. The Morgan fingerprint density at radius 1 is 1.07 bits per heavy atom. The molecule has 1 fully saturated rings. The van der Waals surface area contributed by atoms with Gasteiger partial charge in [-0.2, -0.15) is 8.42 Å². The summed E-state index contributed by atoms with van der Waals surface area (Å²) in [6.07, 6.45) is 1.30. The molecule has 2 aromatic carbocycles. The van der Waals surface area contributed by atoms with E-state index < -0.39 is 10.0 Å². The van der Waals surface area contributed by atoms with Crippen LogP contribution in [0.25, 0.3) is 0 Å². The number of benzene rings is 2. The average molecular weight is 448 g/mol. The van der Waals surface area contributed by atoms with E-state index in [0.717, 1.165) is 10.2 Å². The molecule has 27 heavy (non-hydrogen) atoms. The number of hydrogen-bond donors (Lipinski definition) is 1. The minimum atomic E-state index is -3.62. The Bertz CT molecular complexity index is 1030. The lowest BCUT2D eigenvalue weighted by Gasteiger charge is -2.32. The Morgan fingerprint density at radius 3 is 2.48 bits per heavy atom. The number of anilines is 1. The van der Waals surface area contributed by atoms with E-state index in [-0.39, 0.29) is 16.7 Å². The number of nitrogens with zero attached hydrogens (tertiary/aromatic N) is 2. The molecule has 2 heterocycles. The van der Waals surface area contributed by atoms with Gasteiger partial charge in [0.25, 0.3) is 10.0 Å². The predicted molar refractivity (Wildman–Crippen MR) is 107 cm³/mol. The Labute approximate surface area is 166 Å². The van der Waals surface area contributed by atoms with Gasteiger partial charge in [-0.3, -0.25) is 4.79 Å². The van der Waals surface area contributed by atoms with E-state index in [9.17, 15) is 13.2 Å². The van der Waals surface area contributed by atoms with Crippen molar-refractivity contribution in [1.82, 2.24) is 4.90 Å². The van der Waals surface area contributed by atoms with Gasteiger partial charge in [-0.25, -0.2) is 0 Å². The summed E-state index contributed by atoms with van der Waals surface area (Å²) in [6.45, 7) is 1.19. The molecule has 140 valence electrons. The molecule has 6 nitrogen and oxygen atoms in total. The Balaban J connectivity index is 1.44. The highest BCUT2D eigenvalue weighted by atomic mass is 79.9. The van der Waals surface area contributed by atoms with Crippen LogP contribution in [0.4, 0.5) is 5.69 Å². The van der Waals surface area contributed by atoms with Crippen LogP contribution in [0.5, 0.6) is 0 Å². The Morgan fingerprint density at radius 2 is 1.74 bits per heavy atom. The highest BCUT2D eigenvalue weighted by Gasteiger charge is 2.34. The number of amides is 1. The van der Waals surface area contributed by atoms with Gasteiger partial charge >= 0.3 is 0 Å². The maximum Gasteiger partial charge on any atom is 0.285 e. The summed E-state index contributed by atoms with van der Waals surface area (Å²) in [4.78, 5) is 14.8. The normalized spacial score (nSPS) is 18.7. The molecule has 0 spiro atoms. The van der Waals surface area contributed by atoms with Crippen molar-refractivity contribution in [3.63, 3.8) is 0 Å². The average Bonchev–Trinajstić information content (AvgIpc) is 2.95. The van der Waals surface area contributed by atoms with Gasteiger partial charge in [0, 0.05) is 29.0 Å². The quantitative estimate of drug-likeness (QED) is 0.765. The fourth-order valence-corrected chi connectivity index (χ4v) is 5.08. The molecule has 0 saturated carbocycles. The first-order valence-corrected chi connectivity index (χ1v) is 10.9. The molecule has 0 aliphatic carbocycles. The first-order valence-electron chi connectivity index (χ1n) is 8.70. The summed E-state index contributed by atoms with van der Waals surface area (Å²) >= 11 is 3.43. The van der Waals surface area contributed by atoms with Crippen molar-refractivity contribution in [2.75, 3.05) is 18.4 Å². The highest BCUT2D eigenvalue weighted by molar-refractivity contribution is 9.10. The summed E-state index contributed by atoms with van der Waals surface area (Å²) in [5, 5.41) is 2.96. The van der Waals surface area contributed by atoms with E-state index in [0.29, 0.717) is 37.3 Å². The number of halogens is 1. The van der Waals surface area contributed by atoms with E-state index in [4.69, 9.17) is 0 Å². The molecule has 1 amide bonds. The van der Waals surface area contributed by atoms with Crippen LogP contribution in [0.3, 0.4) is 0 Å². The van der Waals surface area contributed by atoms with E-state index >= 15 is 0 Å². The number of para-hydroxylation sites is 1. The minimum absolute atomic E-state index is 0.0112. The molecule has 2 aliphatic rings. The van der Waals surface area contributed by atoms with E-state index in [1.807, 2.05) is 35.2 Å². The van der Waals surface area contributed by atoms with Crippen LogP contribution in [0.2, 0.25) is 0 Å². The number of piperidine rings is 1. The van der Waals surface area contributed by atoms with Crippen molar-refractivity contribution in [1.29, 1.82) is 0 Å². The lowest BCUT2D eigenvalue weighted by atomic mass is 9.95. The third-order valence-corrected chi connectivity index (χ3v) is 6.93. The number of nitrogens with one attached hydrogen (secondary N) is 1. The molecule has 0 unspecified atom stereocenters. The Hall–Kier alpha value is -2.19. The number of carbonyl (C=O) groups is 1. The third-order valence-electron chi connectivity index (χ3n) is 4.91. The van der Waals surface area contributed by atoms with Crippen molar-refractivity contribution < 1.29 is 13.2 Å². The zero-order valence-corrected chi connectivity index (χ0v) is 16.8. The Kier molecular flexibility index (Phi) is 4.77. The maximum absolute atomic E-state index is 12.6. The van der Waals surface area contributed by atoms with Crippen molar-refractivity contribution in [2.24, 2.45) is 10.3 Å². The number of likely N-dealkylation sites (tertiary alicyclic amines) is 1. The summed E-state index contributed by atoms with van der Waals surface area (Å²) < 4.78 is 29.3. The monoisotopic (exact) mass is 447 g/mol. The van der Waals surface area contributed by atoms with Crippen molar-refractivity contribution in [2.45, 2.75) is 17.7 Å². The lowest BCUT2D eigenvalue weighted by molar-refractivity contribution is -0.120. The molecule has 0 radical (unpaired) electrons. The number of rotatable bonds is 2. The molecule has 0 aromatic heterocycles. The zero-order valence-electron chi connectivity index (χ0n) is 14.4. The van der Waals surface area contributed by atoms with Crippen LogP contribution in [0, 0.1) is 5.92 Å². The molecule has 0 bridgehead atoms. The number of carbonyl (C=O) groups excluding carboxylic acids is 1. The van der Waals surface area contributed by atoms with Crippen LogP contribution in [0.15, 0.2) is 62.3 Å². The lowest BCUT2D eigenvalue weighted by Crippen LogP contribution is -2.41. The van der Waals surface area contributed by atoms with Crippen LogP contribution in [0.1, 0.15) is 18.4 Å². The smallest absolute Gasteiger partial charge is 0.285 e. The van der Waals surface area contributed by atoms with Crippen LogP contribution < -0.4 is 5.32 Å². The zero-order chi connectivity index (χ0) is 19.0. The first kappa shape index (κ1) is 18.2. The minimum Gasteiger partial charge on any atom is -0.355 e. The van der Waals surface area contributed by atoms with Crippen LogP contribution >= 0.6 is 15.9 Å². The second-order valence-corrected chi connectivity index (χ2v) is 9.04. The van der Waals surface area contributed by atoms with Gasteiger partial charge in [0.2, 0.25) is 5.91 Å². The van der Waals surface area contributed by atoms with Crippen molar-refractivity contribution >= 4 is 43.4 Å². The summed E-state index contributed by atoms with van der Waals surface area (Å²) in [5.41, 5.74) is 1.40. The fourth-order valence-electron chi connectivity index (χ4n) is 3.47. The maximum atomic E-state index is 12.6. The molecule has 1 saturated heterocycles.